The molecule has 0 radical (unpaired) electrons. The van der Waals surface area contributed by atoms with E-state index in [2.05, 4.69) is 12.2 Å². The molecule has 0 aliphatic heterocycles. The van der Waals surface area contributed by atoms with Crippen LogP contribution in [-0.2, 0) is 9.59 Å². The molecule has 1 aromatic rings. The second-order valence-corrected chi connectivity index (χ2v) is 5.86. The number of nitrogens with one attached hydrogen (secondary N) is 1. The van der Waals surface area contributed by atoms with E-state index in [1.807, 2.05) is 6.07 Å². The minimum absolute atomic E-state index is 0.187. The van der Waals surface area contributed by atoms with Crippen LogP contribution in [0, 0.1) is 5.41 Å². The van der Waals surface area contributed by atoms with Crippen LogP contribution in [0.1, 0.15) is 33.6 Å². The number of anilines is 1. The second-order valence-electron chi connectivity index (χ2n) is 5.86. The SMILES string of the molecule is CCCCN(C)C(=O)C(C)(C)C(=O)Nc1ccccc1OC. The number of nitrogens with zero attached hydrogens (tertiary/aromatic N) is 1. The lowest BCUT2D eigenvalue weighted by Crippen LogP contribution is -2.46. The van der Waals surface area contributed by atoms with E-state index >= 15 is 0 Å². The molecule has 122 valence electrons. The highest BCUT2D eigenvalue weighted by Crippen LogP contribution is 2.27. The molecule has 0 unspecified atom stereocenters. The molecule has 1 rings (SSSR count). The molecular formula is C17H26N2O3. The Labute approximate surface area is 132 Å². The zero-order valence-corrected chi connectivity index (χ0v) is 14.1. The van der Waals surface area contributed by atoms with Crippen LogP contribution in [0.4, 0.5) is 5.69 Å². The lowest BCUT2D eigenvalue weighted by Gasteiger charge is -2.28. The van der Waals surface area contributed by atoms with E-state index in [4.69, 9.17) is 4.74 Å². The third kappa shape index (κ3) is 4.23. The van der Waals surface area contributed by atoms with E-state index in [-0.39, 0.29) is 11.8 Å². The molecule has 5 nitrogen and oxygen atoms in total. The lowest BCUT2D eigenvalue weighted by molar-refractivity contribution is -0.145. The van der Waals surface area contributed by atoms with Crippen molar-refractivity contribution in [3.8, 4) is 5.75 Å². The number of carbonyl (C=O) groups is 2. The Hall–Kier alpha value is -2.04. The largest absolute Gasteiger partial charge is 0.495 e. The van der Waals surface area contributed by atoms with Crippen LogP contribution in [0.2, 0.25) is 0 Å². The van der Waals surface area contributed by atoms with Gasteiger partial charge in [0, 0.05) is 13.6 Å². The zero-order chi connectivity index (χ0) is 16.8. The highest BCUT2D eigenvalue weighted by atomic mass is 16.5. The number of benzene rings is 1. The predicted molar refractivity (Wildman–Crippen MR) is 87.9 cm³/mol. The highest BCUT2D eigenvalue weighted by molar-refractivity contribution is 6.10. The molecule has 0 heterocycles. The predicted octanol–water partition coefficient (Wildman–Crippen LogP) is 2.92. The van der Waals surface area contributed by atoms with E-state index in [0.29, 0.717) is 18.0 Å². The maximum absolute atomic E-state index is 12.5. The fourth-order valence-corrected chi connectivity index (χ4v) is 2.10. The normalized spacial score (nSPS) is 11.0. The van der Waals surface area contributed by atoms with Gasteiger partial charge in [0.15, 0.2) is 0 Å². The Balaban J connectivity index is 2.83. The maximum Gasteiger partial charge on any atom is 0.239 e. The Morgan fingerprint density at radius 3 is 2.50 bits per heavy atom. The molecule has 0 aliphatic carbocycles. The van der Waals surface area contributed by atoms with Gasteiger partial charge in [-0.15, -0.1) is 0 Å². The van der Waals surface area contributed by atoms with Gasteiger partial charge in [-0.25, -0.2) is 0 Å². The zero-order valence-electron chi connectivity index (χ0n) is 14.1. The van der Waals surface area contributed by atoms with Crippen molar-refractivity contribution >= 4 is 17.5 Å². The summed E-state index contributed by atoms with van der Waals surface area (Å²) in [4.78, 5) is 26.6. The first-order valence-corrected chi connectivity index (χ1v) is 7.54. The van der Waals surface area contributed by atoms with Gasteiger partial charge in [-0.3, -0.25) is 9.59 Å². The number of amides is 2. The molecule has 0 atom stereocenters. The van der Waals surface area contributed by atoms with E-state index in [1.54, 1.807) is 51.1 Å². The number of carbonyl (C=O) groups excluding carboxylic acids is 2. The van der Waals surface area contributed by atoms with Gasteiger partial charge in [-0.05, 0) is 32.4 Å². The first kappa shape index (κ1) is 18.0. The van der Waals surface area contributed by atoms with Crippen LogP contribution in [0.3, 0.4) is 0 Å². The van der Waals surface area contributed by atoms with Gasteiger partial charge in [0.2, 0.25) is 11.8 Å². The maximum atomic E-state index is 12.5. The number of methoxy groups -OCH3 is 1. The molecule has 22 heavy (non-hydrogen) atoms. The van der Waals surface area contributed by atoms with Crippen molar-refractivity contribution < 1.29 is 14.3 Å². The van der Waals surface area contributed by atoms with Crippen LogP contribution in [0.5, 0.6) is 5.75 Å². The minimum atomic E-state index is -1.14. The summed E-state index contributed by atoms with van der Waals surface area (Å²) in [5, 5.41) is 2.78. The lowest BCUT2D eigenvalue weighted by atomic mass is 9.90. The van der Waals surface area contributed by atoms with E-state index in [1.165, 1.54) is 0 Å². The van der Waals surface area contributed by atoms with Crippen molar-refractivity contribution in [2.24, 2.45) is 5.41 Å². The Morgan fingerprint density at radius 1 is 1.27 bits per heavy atom. The molecule has 0 aliphatic rings. The Morgan fingerprint density at radius 2 is 1.91 bits per heavy atom. The van der Waals surface area contributed by atoms with E-state index < -0.39 is 5.41 Å². The van der Waals surface area contributed by atoms with Crippen LogP contribution < -0.4 is 10.1 Å². The van der Waals surface area contributed by atoms with Gasteiger partial charge in [0.05, 0.1) is 12.8 Å². The number of ether oxygens (including phenoxy) is 1. The second kappa shape index (κ2) is 7.82. The van der Waals surface area contributed by atoms with Gasteiger partial charge < -0.3 is 15.0 Å². The third-order valence-corrected chi connectivity index (χ3v) is 3.65. The summed E-state index contributed by atoms with van der Waals surface area (Å²) >= 11 is 0. The first-order valence-electron chi connectivity index (χ1n) is 7.54. The molecule has 0 bridgehead atoms. The summed E-state index contributed by atoms with van der Waals surface area (Å²) in [5.41, 5.74) is -0.573. The summed E-state index contributed by atoms with van der Waals surface area (Å²) in [6, 6.07) is 7.14. The molecule has 0 spiro atoms. The van der Waals surface area contributed by atoms with Crippen molar-refractivity contribution in [2.75, 3.05) is 26.0 Å². The first-order chi connectivity index (χ1) is 10.3. The van der Waals surface area contributed by atoms with Crippen LogP contribution in [0.25, 0.3) is 0 Å². The standard InChI is InChI=1S/C17H26N2O3/c1-6-7-12-19(4)16(21)17(2,3)15(20)18-13-10-8-9-11-14(13)22-5/h8-11H,6-7,12H2,1-5H3,(H,18,20). The van der Waals surface area contributed by atoms with Gasteiger partial charge in [-0.2, -0.15) is 0 Å². The fourth-order valence-electron chi connectivity index (χ4n) is 2.10. The van der Waals surface area contributed by atoms with Crippen LogP contribution in [0.15, 0.2) is 24.3 Å². The topological polar surface area (TPSA) is 58.6 Å². The van der Waals surface area contributed by atoms with Crippen molar-refractivity contribution in [2.45, 2.75) is 33.6 Å². The smallest absolute Gasteiger partial charge is 0.239 e. The van der Waals surface area contributed by atoms with Crippen molar-refractivity contribution in [1.29, 1.82) is 0 Å². The highest BCUT2D eigenvalue weighted by Gasteiger charge is 2.38. The molecule has 0 saturated heterocycles. The van der Waals surface area contributed by atoms with Crippen molar-refractivity contribution in [3.63, 3.8) is 0 Å². The molecule has 0 saturated carbocycles. The average molecular weight is 306 g/mol. The van der Waals surface area contributed by atoms with Gasteiger partial charge in [-0.1, -0.05) is 25.5 Å². The molecule has 1 aromatic carbocycles. The summed E-state index contributed by atoms with van der Waals surface area (Å²) < 4.78 is 5.21. The molecule has 5 heteroatoms. The Bertz CT molecular complexity index is 526. The molecule has 0 fully saturated rings. The average Bonchev–Trinajstić information content (AvgIpc) is 2.52. The molecule has 0 aromatic heterocycles. The summed E-state index contributed by atoms with van der Waals surface area (Å²) in [5.74, 6) is 0.0390. The van der Waals surface area contributed by atoms with E-state index in [0.717, 1.165) is 12.8 Å². The fraction of sp³-hybridized carbons (Fsp3) is 0.529. The minimum Gasteiger partial charge on any atom is -0.495 e. The van der Waals surface area contributed by atoms with Crippen molar-refractivity contribution in [1.82, 2.24) is 4.90 Å². The molecule has 1 N–H and O–H groups in total. The van der Waals surface area contributed by atoms with Gasteiger partial charge >= 0.3 is 0 Å². The molecule has 2 amide bonds. The van der Waals surface area contributed by atoms with Crippen LogP contribution >= 0.6 is 0 Å². The van der Waals surface area contributed by atoms with Gasteiger partial charge in [0.25, 0.3) is 0 Å². The van der Waals surface area contributed by atoms with Crippen molar-refractivity contribution in [3.05, 3.63) is 24.3 Å². The quantitative estimate of drug-likeness (QED) is 0.788. The Kier molecular flexibility index (Phi) is 6.40. The number of hydrogen-bond acceptors (Lipinski definition) is 3. The summed E-state index contributed by atoms with van der Waals surface area (Å²) in [6.07, 6.45) is 1.93. The van der Waals surface area contributed by atoms with Gasteiger partial charge in [0.1, 0.15) is 11.2 Å². The summed E-state index contributed by atoms with van der Waals surface area (Å²) in [6.45, 7) is 6.00. The monoisotopic (exact) mass is 306 g/mol. The summed E-state index contributed by atoms with van der Waals surface area (Å²) in [7, 11) is 3.27. The number of hydrogen-bond donors (Lipinski definition) is 1. The number of unbranched alkanes of at least 4 members (excludes halogenated alkanes) is 1. The van der Waals surface area contributed by atoms with Crippen LogP contribution in [-0.4, -0.2) is 37.4 Å². The third-order valence-electron chi connectivity index (χ3n) is 3.65. The number of rotatable bonds is 7. The number of para-hydroxylation sites is 2. The van der Waals surface area contributed by atoms with E-state index in [9.17, 15) is 9.59 Å². The molecular weight excluding hydrogens is 280 g/mol.